The second-order valence-corrected chi connectivity index (χ2v) is 6.19. The summed E-state index contributed by atoms with van der Waals surface area (Å²) in [6.07, 6.45) is 3.05. The van der Waals surface area contributed by atoms with Crippen LogP contribution in [0.2, 0.25) is 0 Å². The molecule has 2 heterocycles. The number of nitrogens with zero attached hydrogens (tertiary/aromatic N) is 4. The number of ether oxygens (including phenoxy) is 1. The van der Waals surface area contributed by atoms with E-state index in [-0.39, 0.29) is 23.6 Å². The van der Waals surface area contributed by atoms with E-state index in [4.69, 9.17) is 4.74 Å². The quantitative estimate of drug-likeness (QED) is 0.794. The number of carbonyl (C=O) groups is 2. The molecule has 0 N–H and O–H groups in total. The van der Waals surface area contributed by atoms with Gasteiger partial charge in [-0.15, -0.1) is 5.10 Å². The molecule has 0 radical (unpaired) electrons. The topological polar surface area (TPSA) is 77.3 Å². The predicted molar refractivity (Wildman–Crippen MR) is 91.4 cm³/mol. The highest BCUT2D eigenvalue weighted by atomic mass is 16.5. The van der Waals surface area contributed by atoms with Crippen molar-refractivity contribution >= 4 is 11.9 Å². The molecule has 7 heteroatoms. The third-order valence-corrected chi connectivity index (χ3v) is 4.28. The average molecular weight is 342 g/mol. The maximum atomic E-state index is 12.7. The van der Waals surface area contributed by atoms with Gasteiger partial charge in [-0.3, -0.25) is 9.59 Å². The van der Waals surface area contributed by atoms with Gasteiger partial charge in [-0.1, -0.05) is 12.1 Å². The summed E-state index contributed by atoms with van der Waals surface area (Å²) in [5.41, 5.74) is 1.96. The molecular weight excluding hydrogens is 320 g/mol. The molecule has 1 amide bonds. The molecule has 1 aliphatic rings. The van der Waals surface area contributed by atoms with Gasteiger partial charge in [0.05, 0.1) is 18.2 Å². The van der Waals surface area contributed by atoms with Gasteiger partial charge >= 0.3 is 5.97 Å². The van der Waals surface area contributed by atoms with Crippen molar-refractivity contribution in [3.8, 4) is 5.69 Å². The maximum Gasteiger partial charge on any atom is 0.310 e. The minimum atomic E-state index is -0.267. The van der Waals surface area contributed by atoms with Crippen LogP contribution >= 0.6 is 0 Å². The zero-order valence-corrected chi connectivity index (χ0v) is 14.5. The number of benzene rings is 1. The van der Waals surface area contributed by atoms with Crippen LogP contribution in [0.5, 0.6) is 0 Å². The Labute approximate surface area is 146 Å². The van der Waals surface area contributed by atoms with Gasteiger partial charge < -0.3 is 9.64 Å². The molecule has 2 aromatic rings. The van der Waals surface area contributed by atoms with Crippen LogP contribution in [0, 0.1) is 12.8 Å². The molecule has 7 nitrogen and oxygen atoms in total. The van der Waals surface area contributed by atoms with Crippen LogP contribution in [-0.2, 0) is 9.53 Å². The van der Waals surface area contributed by atoms with E-state index < -0.39 is 0 Å². The van der Waals surface area contributed by atoms with Crippen LogP contribution < -0.4 is 0 Å². The lowest BCUT2D eigenvalue weighted by Gasteiger charge is -2.30. The van der Waals surface area contributed by atoms with Gasteiger partial charge in [0.2, 0.25) is 5.82 Å². The molecule has 1 aliphatic heterocycles. The summed E-state index contributed by atoms with van der Waals surface area (Å²) in [4.78, 5) is 30.4. The van der Waals surface area contributed by atoms with Crippen LogP contribution in [-0.4, -0.2) is 51.2 Å². The molecule has 1 unspecified atom stereocenters. The summed E-state index contributed by atoms with van der Waals surface area (Å²) < 4.78 is 6.67. The lowest BCUT2D eigenvalue weighted by Crippen LogP contribution is -2.43. The monoisotopic (exact) mass is 342 g/mol. The summed E-state index contributed by atoms with van der Waals surface area (Å²) in [7, 11) is 0. The first kappa shape index (κ1) is 17.1. The molecule has 132 valence electrons. The first-order valence-electron chi connectivity index (χ1n) is 8.53. The number of amides is 1. The zero-order valence-electron chi connectivity index (χ0n) is 14.5. The molecule has 0 aliphatic carbocycles. The van der Waals surface area contributed by atoms with Crippen LogP contribution in [0.15, 0.2) is 30.6 Å². The van der Waals surface area contributed by atoms with Gasteiger partial charge in [0.1, 0.15) is 6.33 Å². The lowest BCUT2D eigenvalue weighted by atomic mass is 9.98. The van der Waals surface area contributed by atoms with E-state index in [2.05, 4.69) is 10.1 Å². The van der Waals surface area contributed by atoms with Crippen LogP contribution in [0.25, 0.3) is 5.69 Å². The van der Waals surface area contributed by atoms with Crippen molar-refractivity contribution < 1.29 is 14.3 Å². The number of rotatable bonds is 4. The molecule has 1 fully saturated rings. The number of aryl methyl sites for hydroxylation is 1. The Morgan fingerprint density at radius 2 is 2.20 bits per heavy atom. The van der Waals surface area contributed by atoms with Crippen molar-refractivity contribution in [3.63, 3.8) is 0 Å². The number of carbonyl (C=O) groups excluding carboxylic acids is 2. The fourth-order valence-electron chi connectivity index (χ4n) is 3.01. The Morgan fingerprint density at radius 1 is 1.36 bits per heavy atom. The SMILES string of the molecule is CCOC(=O)C1CCCN(C(=O)c2ncn(-c3cccc(C)c3)n2)C1. The normalized spacial score (nSPS) is 17.4. The standard InChI is InChI=1S/C18H22N4O3/c1-3-25-18(24)14-7-5-9-21(11-14)17(23)16-19-12-22(20-16)15-8-4-6-13(2)10-15/h4,6,8,10,12,14H,3,5,7,9,11H2,1-2H3. The highest BCUT2D eigenvalue weighted by molar-refractivity contribution is 5.90. The third-order valence-electron chi connectivity index (χ3n) is 4.28. The molecule has 1 aromatic heterocycles. The predicted octanol–water partition coefficient (Wildman–Crippen LogP) is 1.99. The number of piperidine rings is 1. The molecule has 3 rings (SSSR count). The highest BCUT2D eigenvalue weighted by Gasteiger charge is 2.31. The summed E-state index contributed by atoms with van der Waals surface area (Å²) in [6.45, 7) is 5.09. The van der Waals surface area contributed by atoms with Crippen molar-refractivity contribution in [3.05, 3.63) is 42.0 Å². The number of aromatic nitrogens is 3. The lowest BCUT2D eigenvalue weighted by molar-refractivity contribution is -0.149. The number of likely N-dealkylation sites (tertiary alicyclic amines) is 1. The van der Waals surface area contributed by atoms with Gasteiger partial charge in [0.15, 0.2) is 0 Å². The van der Waals surface area contributed by atoms with Gasteiger partial charge in [-0.05, 0) is 44.4 Å². The Hall–Kier alpha value is -2.70. The summed E-state index contributed by atoms with van der Waals surface area (Å²) >= 11 is 0. The van der Waals surface area contributed by atoms with E-state index in [9.17, 15) is 9.59 Å². The Kier molecular flexibility index (Phi) is 5.11. The fraction of sp³-hybridized carbons (Fsp3) is 0.444. The number of hydrogen-bond acceptors (Lipinski definition) is 5. The van der Waals surface area contributed by atoms with Crippen molar-refractivity contribution in [1.82, 2.24) is 19.7 Å². The Balaban J connectivity index is 1.72. The highest BCUT2D eigenvalue weighted by Crippen LogP contribution is 2.19. The summed E-state index contributed by atoms with van der Waals surface area (Å²) in [6, 6.07) is 7.81. The first-order valence-corrected chi connectivity index (χ1v) is 8.53. The first-order chi connectivity index (χ1) is 12.1. The van der Waals surface area contributed by atoms with Crippen molar-refractivity contribution in [2.45, 2.75) is 26.7 Å². The minimum absolute atomic E-state index is 0.144. The average Bonchev–Trinajstić information content (AvgIpc) is 3.11. The molecule has 0 saturated carbocycles. The van der Waals surface area contributed by atoms with Gasteiger partial charge in [-0.2, -0.15) is 0 Å². The van der Waals surface area contributed by atoms with E-state index in [1.54, 1.807) is 16.5 Å². The van der Waals surface area contributed by atoms with Crippen molar-refractivity contribution in [2.75, 3.05) is 19.7 Å². The van der Waals surface area contributed by atoms with Gasteiger partial charge in [0.25, 0.3) is 5.91 Å². The van der Waals surface area contributed by atoms with Crippen molar-refractivity contribution in [2.24, 2.45) is 5.92 Å². The summed E-state index contributed by atoms with van der Waals surface area (Å²) in [5.74, 6) is -0.610. The molecule has 0 bridgehead atoms. The largest absolute Gasteiger partial charge is 0.466 e. The van der Waals surface area contributed by atoms with E-state index in [0.29, 0.717) is 19.7 Å². The maximum absolute atomic E-state index is 12.7. The van der Waals surface area contributed by atoms with Crippen LogP contribution in [0.4, 0.5) is 0 Å². The second-order valence-electron chi connectivity index (χ2n) is 6.19. The smallest absolute Gasteiger partial charge is 0.310 e. The fourth-order valence-corrected chi connectivity index (χ4v) is 3.01. The Bertz CT molecular complexity index is 771. The third kappa shape index (κ3) is 3.87. The molecule has 1 saturated heterocycles. The van der Waals surface area contributed by atoms with Crippen molar-refractivity contribution in [1.29, 1.82) is 0 Å². The Morgan fingerprint density at radius 3 is 2.96 bits per heavy atom. The molecule has 25 heavy (non-hydrogen) atoms. The minimum Gasteiger partial charge on any atom is -0.466 e. The number of esters is 1. The van der Waals surface area contributed by atoms with Crippen LogP contribution in [0.3, 0.4) is 0 Å². The number of hydrogen-bond donors (Lipinski definition) is 0. The summed E-state index contributed by atoms with van der Waals surface area (Å²) in [5, 5.41) is 4.30. The van der Waals surface area contributed by atoms with E-state index in [1.807, 2.05) is 31.2 Å². The van der Waals surface area contributed by atoms with E-state index in [0.717, 1.165) is 24.1 Å². The van der Waals surface area contributed by atoms with E-state index >= 15 is 0 Å². The molecule has 0 spiro atoms. The van der Waals surface area contributed by atoms with E-state index in [1.165, 1.54) is 6.33 Å². The van der Waals surface area contributed by atoms with Crippen LogP contribution in [0.1, 0.15) is 35.9 Å². The van der Waals surface area contributed by atoms with Gasteiger partial charge in [-0.25, -0.2) is 9.67 Å². The molecule has 1 aromatic carbocycles. The molecular formula is C18H22N4O3. The molecule has 1 atom stereocenters. The van der Waals surface area contributed by atoms with Gasteiger partial charge in [0, 0.05) is 13.1 Å². The second kappa shape index (κ2) is 7.46. The zero-order chi connectivity index (χ0) is 17.8.